The molecule has 0 atom stereocenters. The molecule has 2 aromatic rings. The zero-order valence-corrected chi connectivity index (χ0v) is 20.5. The number of benzene rings is 2. The second-order valence-corrected chi connectivity index (χ2v) is 7.74. The molecule has 0 saturated carbocycles. The van der Waals surface area contributed by atoms with Gasteiger partial charge in [0.2, 0.25) is 0 Å². The van der Waals surface area contributed by atoms with Crippen LogP contribution in [0.5, 0.6) is 0 Å². The largest absolute Gasteiger partial charge is 0.357 e. The minimum absolute atomic E-state index is 0. The first kappa shape index (κ1) is 25.1. The van der Waals surface area contributed by atoms with Crippen LogP contribution in [0.1, 0.15) is 36.5 Å². The topological polar surface area (TPSA) is 82.8 Å². The molecule has 7 nitrogen and oxygen atoms in total. The maximum atomic E-state index is 11.0. The lowest BCUT2D eigenvalue weighted by atomic mass is 10.0. The Morgan fingerprint density at radius 3 is 2.61 bits per heavy atom. The Balaban J connectivity index is 0.00000341. The van der Waals surface area contributed by atoms with E-state index in [4.69, 9.17) is 0 Å². The van der Waals surface area contributed by atoms with Crippen molar-refractivity contribution in [1.29, 1.82) is 0 Å². The van der Waals surface area contributed by atoms with E-state index in [0.29, 0.717) is 12.6 Å². The van der Waals surface area contributed by atoms with Crippen molar-refractivity contribution in [2.24, 2.45) is 4.99 Å². The van der Waals surface area contributed by atoms with Crippen LogP contribution in [0.15, 0.2) is 53.5 Å². The van der Waals surface area contributed by atoms with Crippen LogP contribution < -0.4 is 10.6 Å². The molecule has 2 N–H and O–H groups in total. The number of rotatable bonds is 7. The first-order chi connectivity index (χ1) is 14.5. The minimum atomic E-state index is -0.374. The Labute approximate surface area is 201 Å². The zero-order valence-electron chi connectivity index (χ0n) is 18.2. The maximum Gasteiger partial charge on any atom is 0.269 e. The van der Waals surface area contributed by atoms with Crippen LogP contribution in [0.4, 0.5) is 5.69 Å². The van der Waals surface area contributed by atoms with Crippen molar-refractivity contribution < 1.29 is 4.92 Å². The highest BCUT2D eigenvalue weighted by Gasteiger charge is 2.20. The molecule has 0 aliphatic carbocycles. The number of nitrogens with zero attached hydrogens (tertiary/aromatic N) is 3. The van der Waals surface area contributed by atoms with Crippen LogP contribution in [-0.4, -0.2) is 41.5 Å². The Morgan fingerprint density at radius 1 is 1.19 bits per heavy atom. The summed E-state index contributed by atoms with van der Waals surface area (Å²) in [6, 6.07) is 15.6. The Morgan fingerprint density at radius 2 is 1.94 bits per heavy atom. The van der Waals surface area contributed by atoms with Crippen molar-refractivity contribution in [2.75, 3.05) is 19.6 Å². The third-order valence-electron chi connectivity index (χ3n) is 5.47. The first-order valence-corrected chi connectivity index (χ1v) is 10.6. The van der Waals surface area contributed by atoms with Crippen LogP contribution in [-0.2, 0) is 13.1 Å². The van der Waals surface area contributed by atoms with Gasteiger partial charge in [0.25, 0.3) is 5.69 Å². The molecule has 0 aromatic heterocycles. The second kappa shape index (κ2) is 12.6. The van der Waals surface area contributed by atoms with E-state index in [-0.39, 0.29) is 34.6 Å². The van der Waals surface area contributed by atoms with Crippen LogP contribution in [0.3, 0.4) is 0 Å². The summed E-state index contributed by atoms with van der Waals surface area (Å²) in [5.74, 6) is 0.765. The Hall–Kier alpha value is -2.20. The predicted molar refractivity (Wildman–Crippen MR) is 136 cm³/mol. The van der Waals surface area contributed by atoms with Crippen molar-refractivity contribution >= 4 is 35.6 Å². The lowest BCUT2D eigenvalue weighted by Crippen LogP contribution is -2.48. The Bertz CT molecular complexity index is 882. The summed E-state index contributed by atoms with van der Waals surface area (Å²) in [6.07, 6.45) is 2.13. The van der Waals surface area contributed by atoms with Gasteiger partial charge in [-0.2, -0.15) is 0 Å². The molecular formula is C23H32IN5O2. The highest BCUT2D eigenvalue weighted by molar-refractivity contribution is 14.0. The van der Waals surface area contributed by atoms with Gasteiger partial charge < -0.3 is 10.6 Å². The van der Waals surface area contributed by atoms with Crippen molar-refractivity contribution in [3.05, 3.63) is 75.3 Å². The van der Waals surface area contributed by atoms with Gasteiger partial charge in [0.15, 0.2) is 5.96 Å². The van der Waals surface area contributed by atoms with Gasteiger partial charge in [-0.25, -0.2) is 4.99 Å². The van der Waals surface area contributed by atoms with Crippen molar-refractivity contribution in [1.82, 2.24) is 15.5 Å². The van der Waals surface area contributed by atoms with Gasteiger partial charge in [-0.3, -0.25) is 15.0 Å². The lowest BCUT2D eigenvalue weighted by Gasteiger charge is -2.33. The van der Waals surface area contributed by atoms with E-state index in [1.807, 2.05) is 13.0 Å². The van der Waals surface area contributed by atoms with Crippen molar-refractivity contribution in [2.45, 2.75) is 45.8 Å². The highest BCUT2D eigenvalue weighted by Crippen LogP contribution is 2.17. The quantitative estimate of drug-likeness (QED) is 0.182. The lowest BCUT2D eigenvalue weighted by molar-refractivity contribution is -0.384. The number of nitro benzene ring substituents is 1. The van der Waals surface area contributed by atoms with E-state index in [1.165, 1.54) is 17.2 Å². The first-order valence-electron chi connectivity index (χ1n) is 10.6. The highest BCUT2D eigenvalue weighted by atomic mass is 127. The summed E-state index contributed by atoms with van der Waals surface area (Å²) in [4.78, 5) is 17.7. The van der Waals surface area contributed by atoms with Gasteiger partial charge >= 0.3 is 0 Å². The molecule has 1 aliphatic heterocycles. The molecule has 1 saturated heterocycles. The van der Waals surface area contributed by atoms with Crippen LogP contribution in [0.25, 0.3) is 0 Å². The monoisotopic (exact) mass is 537 g/mol. The van der Waals surface area contributed by atoms with Crippen molar-refractivity contribution in [3.8, 4) is 0 Å². The summed E-state index contributed by atoms with van der Waals surface area (Å²) in [7, 11) is 0. The van der Waals surface area contributed by atoms with Crippen LogP contribution >= 0.6 is 24.0 Å². The molecule has 0 unspecified atom stereocenters. The average molecular weight is 537 g/mol. The average Bonchev–Trinajstić information content (AvgIpc) is 2.75. The summed E-state index contributed by atoms with van der Waals surface area (Å²) >= 11 is 0. The summed E-state index contributed by atoms with van der Waals surface area (Å²) in [5, 5.41) is 17.8. The SMILES string of the molecule is CCNC(=NCc1cccc([N+](=O)[O-])c1)NC1CCN(Cc2ccccc2C)CC1.I. The fraction of sp³-hybridized carbons (Fsp3) is 0.435. The summed E-state index contributed by atoms with van der Waals surface area (Å²) in [6.45, 7) is 8.49. The molecule has 0 radical (unpaired) electrons. The smallest absolute Gasteiger partial charge is 0.269 e. The van der Waals surface area contributed by atoms with E-state index < -0.39 is 0 Å². The molecule has 1 fully saturated rings. The summed E-state index contributed by atoms with van der Waals surface area (Å²) in [5.41, 5.74) is 3.67. The van der Waals surface area contributed by atoms with Gasteiger partial charge in [0.05, 0.1) is 11.5 Å². The molecule has 31 heavy (non-hydrogen) atoms. The van der Waals surface area contributed by atoms with E-state index in [0.717, 1.165) is 50.5 Å². The number of halogens is 1. The van der Waals surface area contributed by atoms with Gasteiger partial charge in [-0.15, -0.1) is 24.0 Å². The normalized spacial score (nSPS) is 15.2. The number of hydrogen-bond acceptors (Lipinski definition) is 4. The fourth-order valence-corrected chi connectivity index (χ4v) is 3.72. The van der Waals surface area contributed by atoms with Crippen molar-refractivity contribution in [3.63, 3.8) is 0 Å². The number of guanidine groups is 1. The van der Waals surface area contributed by atoms with Gasteiger partial charge in [0, 0.05) is 44.4 Å². The van der Waals surface area contributed by atoms with Gasteiger partial charge in [-0.05, 0) is 43.4 Å². The molecule has 1 heterocycles. The van der Waals surface area contributed by atoms with E-state index in [1.54, 1.807) is 12.1 Å². The molecule has 1 aliphatic rings. The number of likely N-dealkylation sites (tertiary alicyclic amines) is 1. The van der Waals surface area contributed by atoms with E-state index >= 15 is 0 Å². The van der Waals surface area contributed by atoms with Gasteiger partial charge in [-0.1, -0.05) is 36.4 Å². The maximum absolute atomic E-state index is 11.0. The molecule has 168 valence electrons. The number of nitro groups is 1. The standard InChI is InChI=1S/C23H31N5O2.HI/c1-3-24-23(25-16-19-8-6-10-22(15-19)28(29)30)26-21-11-13-27(14-12-21)17-20-9-5-4-7-18(20)2;/h4-10,15,21H,3,11-14,16-17H2,1-2H3,(H2,24,25,26);1H. The number of piperidine rings is 1. The molecule has 2 aromatic carbocycles. The zero-order chi connectivity index (χ0) is 21.3. The number of nitrogens with one attached hydrogen (secondary N) is 2. The fourth-order valence-electron chi connectivity index (χ4n) is 3.72. The van der Waals surface area contributed by atoms with Gasteiger partial charge in [0.1, 0.15) is 0 Å². The number of hydrogen-bond donors (Lipinski definition) is 2. The minimum Gasteiger partial charge on any atom is -0.357 e. The molecule has 0 bridgehead atoms. The van der Waals surface area contributed by atoms with Crippen LogP contribution in [0.2, 0.25) is 0 Å². The van der Waals surface area contributed by atoms with E-state index in [2.05, 4.69) is 51.7 Å². The predicted octanol–water partition coefficient (Wildman–Crippen LogP) is 4.24. The molecule has 0 spiro atoms. The van der Waals surface area contributed by atoms with E-state index in [9.17, 15) is 10.1 Å². The summed E-state index contributed by atoms with van der Waals surface area (Å²) < 4.78 is 0. The number of aryl methyl sites for hydroxylation is 1. The molecule has 0 amide bonds. The number of non-ortho nitro benzene ring substituents is 1. The molecule has 8 heteroatoms. The second-order valence-electron chi connectivity index (χ2n) is 7.74. The Kier molecular flexibility index (Phi) is 10.2. The number of aliphatic imine (C=N–C) groups is 1. The third-order valence-corrected chi connectivity index (χ3v) is 5.47. The molecule has 3 rings (SSSR count). The third kappa shape index (κ3) is 7.77. The van der Waals surface area contributed by atoms with Crippen LogP contribution in [0, 0.1) is 17.0 Å². The molecular weight excluding hydrogens is 505 g/mol.